The molecule has 8 N–H and O–H groups in total. The van der Waals surface area contributed by atoms with Crippen molar-refractivity contribution in [3.8, 4) is 0 Å². The van der Waals surface area contributed by atoms with Crippen molar-refractivity contribution < 1.29 is 53.4 Å². The van der Waals surface area contributed by atoms with Gasteiger partial charge in [0.15, 0.2) is 0 Å². The minimum absolute atomic E-state index is 0.0938. The molecule has 0 spiro atoms. The Balaban J connectivity index is -0.000000219. The summed E-state index contributed by atoms with van der Waals surface area (Å²) in [6.45, 7) is -0.0478. The van der Waals surface area contributed by atoms with Crippen LogP contribution in [0.3, 0.4) is 0 Å². The predicted molar refractivity (Wildman–Crippen MR) is 62.8 cm³/mol. The van der Waals surface area contributed by atoms with Crippen LogP contribution in [0.15, 0.2) is 0 Å². The molecule has 0 aromatic carbocycles. The van der Waals surface area contributed by atoms with E-state index in [4.69, 9.17) is 44.4 Å². The van der Waals surface area contributed by atoms with Gasteiger partial charge in [0, 0.05) is 19.8 Å². The van der Waals surface area contributed by atoms with E-state index in [1.54, 1.807) is 0 Å². The summed E-state index contributed by atoms with van der Waals surface area (Å²) in [5.74, 6) is 0. The Hall–Kier alpha value is 0.100. The first-order valence-corrected chi connectivity index (χ1v) is 7.88. The number of hydrogen-bond acceptors (Lipinski definition) is 6. The molecule has 0 aliphatic rings. The fraction of sp³-hybridized carbons (Fsp3) is 1.00. The van der Waals surface area contributed by atoms with Gasteiger partial charge in [-0.2, -0.15) is 0 Å². The molecule has 0 saturated heterocycles. The molecule has 0 aliphatic heterocycles. The Morgan fingerprint density at radius 3 is 1.21 bits per heavy atom. The lowest BCUT2D eigenvalue weighted by molar-refractivity contribution is 0.176. The van der Waals surface area contributed by atoms with Gasteiger partial charge in [-0.25, -0.2) is 9.13 Å². The highest BCUT2D eigenvalue weighted by Crippen LogP contribution is 2.35. The van der Waals surface area contributed by atoms with Crippen LogP contribution < -0.4 is 0 Å². The lowest BCUT2D eigenvalue weighted by Gasteiger charge is -2.01. The van der Waals surface area contributed by atoms with Gasteiger partial charge in [0.2, 0.25) is 0 Å². The van der Waals surface area contributed by atoms with E-state index in [-0.39, 0.29) is 32.8 Å². The molecular formula is C6H20O11P2. The first-order valence-electron chi connectivity index (χ1n) is 4.79. The lowest BCUT2D eigenvalue weighted by atomic mass is 10.5. The fourth-order valence-electron chi connectivity index (χ4n) is 0.319. The summed E-state index contributed by atoms with van der Waals surface area (Å²) in [5.41, 5.74) is 0. The number of phosphoric acid groups is 2. The molecule has 0 heterocycles. The molecule has 0 saturated carbocycles. The zero-order valence-electron chi connectivity index (χ0n) is 9.94. The maximum absolute atomic E-state index is 9.90. The van der Waals surface area contributed by atoms with Gasteiger partial charge < -0.3 is 39.8 Å². The van der Waals surface area contributed by atoms with E-state index in [0.29, 0.717) is 6.42 Å². The SMILES string of the molecule is O=P(O)(O)O.O=P(O)(O)OCCCO.OCCCO. The zero-order chi connectivity index (χ0) is 15.9. The first kappa shape index (κ1) is 24.1. The molecule has 0 atom stereocenters. The van der Waals surface area contributed by atoms with Crippen molar-refractivity contribution in [1.29, 1.82) is 0 Å². The van der Waals surface area contributed by atoms with Crippen molar-refractivity contribution in [2.45, 2.75) is 12.8 Å². The van der Waals surface area contributed by atoms with E-state index in [1.165, 1.54) is 0 Å². The van der Waals surface area contributed by atoms with Crippen LogP contribution in [0.2, 0.25) is 0 Å². The summed E-state index contributed by atoms with van der Waals surface area (Å²) in [6.07, 6.45) is 0.741. The smallest absolute Gasteiger partial charge is 0.396 e. The molecule has 0 aliphatic carbocycles. The predicted octanol–water partition coefficient (Wildman–Crippen LogP) is -2.09. The Morgan fingerprint density at radius 2 is 1.05 bits per heavy atom. The maximum atomic E-state index is 9.90. The molecule has 0 bridgehead atoms. The topological polar surface area (TPSA) is 205 Å². The Labute approximate surface area is 109 Å². The number of phosphoric ester groups is 1. The van der Waals surface area contributed by atoms with E-state index in [2.05, 4.69) is 4.52 Å². The van der Waals surface area contributed by atoms with Crippen LogP contribution in [0, 0.1) is 0 Å². The van der Waals surface area contributed by atoms with Crippen LogP contribution in [0.4, 0.5) is 0 Å². The van der Waals surface area contributed by atoms with Crippen LogP contribution >= 0.6 is 15.6 Å². The summed E-state index contributed by atoms with van der Waals surface area (Å²) in [4.78, 5) is 37.7. The number of aliphatic hydroxyl groups is 3. The van der Waals surface area contributed by atoms with E-state index < -0.39 is 15.6 Å². The van der Waals surface area contributed by atoms with Crippen molar-refractivity contribution in [3.05, 3.63) is 0 Å². The van der Waals surface area contributed by atoms with Crippen molar-refractivity contribution in [2.24, 2.45) is 0 Å². The van der Waals surface area contributed by atoms with Crippen molar-refractivity contribution in [1.82, 2.24) is 0 Å². The third-order valence-electron chi connectivity index (χ3n) is 0.878. The van der Waals surface area contributed by atoms with E-state index in [9.17, 15) is 4.57 Å². The zero-order valence-corrected chi connectivity index (χ0v) is 11.7. The van der Waals surface area contributed by atoms with Crippen molar-refractivity contribution in [3.63, 3.8) is 0 Å². The van der Waals surface area contributed by atoms with E-state index >= 15 is 0 Å². The summed E-state index contributed by atoms with van der Waals surface area (Å²) in [7, 11) is -8.95. The molecule has 11 nitrogen and oxygen atoms in total. The molecule has 0 rings (SSSR count). The Kier molecular flexibility index (Phi) is 18.4. The fourth-order valence-corrected chi connectivity index (χ4v) is 0.686. The third-order valence-corrected chi connectivity index (χ3v) is 1.40. The van der Waals surface area contributed by atoms with Crippen LogP contribution in [0.1, 0.15) is 12.8 Å². The molecule has 13 heteroatoms. The van der Waals surface area contributed by atoms with Crippen LogP contribution in [0.25, 0.3) is 0 Å². The normalized spacial score (nSPS) is 10.9. The molecule has 19 heavy (non-hydrogen) atoms. The maximum Gasteiger partial charge on any atom is 0.469 e. The Morgan fingerprint density at radius 1 is 0.737 bits per heavy atom. The summed E-state index contributed by atoms with van der Waals surface area (Å²) >= 11 is 0. The molecular weight excluding hydrogens is 310 g/mol. The average Bonchev–Trinajstić information content (AvgIpc) is 2.15. The highest BCUT2D eigenvalue weighted by atomic mass is 31.2. The molecule has 0 aromatic heterocycles. The van der Waals surface area contributed by atoms with Gasteiger partial charge in [0.1, 0.15) is 0 Å². The molecule has 120 valence electrons. The lowest BCUT2D eigenvalue weighted by Crippen LogP contribution is -1.94. The van der Waals surface area contributed by atoms with Crippen molar-refractivity contribution >= 4 is 15.6 Å². The third kappa shape index (κ3) is 71.5. The second-order valence-corrected chi connectivity index (χ2v) is 4.98. The number of aliphatic hydroxyl groups excluding tert-OH is 3. The monoisotopic (exact) mass is 330 g/mol. The van der Waals surface area contributed by atoms with Gasteiger partial charge in [-0.05, 0) is 12.8 Å². The average molecular weight is 330 g/mol. The van der Waals surface area contributed by atoms with Crippen LogP contribution in [-0.4, -0.2) is 66.2 Å². The molecule has 0 fully saturated rings. The standard InChI is InChI=1S/C3H9O5P.C3H8O2.H3O4P/c4-2-1-3-8-9(5,6)7;4-2-1-3-5;1-5(2,3)4/h4H,1-3H2,(H2,5,6,7);4-5H,1-3H2;(H3,1,2,3,4). The van der Waals surface area contributed by atoms with Crippen LogP contribution in [0.5, 0.6) is 0 Å². The second kappa shape index (κ2) is 14.5. The largest absolute Gasteiger partial charge is 0.469 e. The minimum atomic E-state index is -4.64. The molecule has 0 aromatic rings. The molecule has 0 unspecified atom stereocenters. The van der Waals surface area contributed by atoms with Crippen molar-refractivity contribution in [2.75, 3.05) is 26.4 Å². The van der Waals surface area contributed by atoms with Gasteiger partial charge in [-0.1, -0.05) is 0 Å². The second-order valence-electron chi connectivity index (χ2n) is 2.72. The highest BCUT2D eigenvalue weighted by Gasteiger charge is 2.11. The van der Waals surface area contributed by atoms with Gasteiger partial charge in [0.05, 0.1) is 6.61 Å². The van der Waals surface area contributed by atoms with Gasteiger partial charge in [-0.15, -0.1) is 0 Å². The summed E-state index contributed by atoms with van der Waals surface area (Å²) in [6, 6.07) is 0. The first-order chi connectivity index (χ1) is 8.47. The summed E-state index contributed by atoms with van der Waals surface area (Å²) < 4.78 is 22.8. The number of hydrogen-bond donors (Lipinski definition) is 8. The van der Waals surface area contributed by atoms with Gasteiger partial charge >= 0.3 is 15.6 Å². The quantitative estimate of drug-likeness (QED) is 0.196. The van der Waals surface area contributed by atoms with Crippen LogP contribution in [-0.2, 0) is 13.7 Å². The highest BCUT2D eigenvalue weighted by molar-refractivity contribution is 7.46. The molecule has 0 amide bonds. The van der Waals surface area contributed by atoms with E-state index in [1.807, 2.05) is 0 Å². The number of rotatable bonds is 6. The molecule has 0 radical (unpaired) electrons. The van der Waals surface area contributed by atoms with Gasteiger partial charge in [-0.3, -0.25) is 4.52 Å². The minimum Gasteiger partial charge on any atom is -0.396 e. The Bertz CT molecular complexity index is 248. The summed E-state index contributed by atoms with van der Waals surface area (Å²) in [5, 5.41) is 23.9. The van der Waals surface area contributed by atoms with E-state index in [0.717, 1.165) is 0 Å². The van der Waals surface area contributed by atoms with Gasteiger partial charge in [0.25, 0.3) is 0 Å².